The molecule has 27 heavy (non-hydrogen) atoms. The largest absolute Gasteiger partial charge is 0.464 e. The standard InChI is InChI=1S/C19H14F3NO4/c1-2-17(24)27-18(11-7-14(21)15(22)8-13(11)20)12-9-23(19(25)26)16-6-4-3-5-10(12)16/h3-9,18H,2H2,1H3,(H,25,26). The van der Waals surface area contributed by atoms with Gasteiger partial charge >= 0.3 is 12.1 Å². The number of fused-ring (bicyclic) bond motifs is 1. The van der Waals surface area contributed by atoms with Gasteiger partial charge in [-0.25, -0.2) is 18.0 Å². The summed E-state index contributed by atoms with van der Waals surface area (Å²) < 4.78 is 47.6. The van der Waals surface area contributed by atoms with Crippen LogP contribution in [0.5, 0.6) is 0 Å². The van der Waals surface area contributed by atoms with Crippen molar-refractivity contribution in [3.63, 3.8) is 0 Å². The number of hydrogen-bond donors (Lipinski definition) is 1. The second kappa shape index (κ2) is 7.14. The van der Waals surface area contributed by atoms with Gasteiger partial charge in [0.2, 0.25) is 0 Å². The fraction of sp³-hybridized carbons (Fsp3) is 0.158. The molecule has 0 bridgehead atoms. The topological polar surface area (TPSA) is 68.5 Å². The Morgan fingerprint density at radius 1 is 1.07 bits per heavy atom. The fourth-order valence-electron chi connectivity index (χ4n) is 2.82. The maximum atomic E-state index is 14.4. The molecule has 1 unspecified atom stereocenters. The number of halogens is 3. The molecule has 1 aromatic heterocycles. The van der Waals surface area contributed by atoms with Crippen molar-refractivity contribution in [1.82, 2.24) is 4.57 Å². The minimum Gasteiger partial charge on any atom is -0.464 e. The van der Waals surface area contributed by atoms with Crippen molar-refractivity contribution in [1.29, 1.82) is 0 Å². The number of hydrogen-bond acceptors (Lipinski definition) is 3. The molecular weight excluding hydrogens is 363 g/mol. The first-order valence-corrected chi connectivity index (χ1v) is 8.00. The first-order valence-electron chi connectivity index (χ1n) is 8.00. The Morgan fingerprint density at radius 2 is 1.74 bits per heavy atom. The molecule has 0 aliphatic rings. The van der Waals surface area contributed by atoms with Crippen molar-refractivity contribution in [2.24, 2.45) is 0 Å². The Labute approximate surface area is 151 Å². The average molecular weight is 377 g/mol. The van der Waals surface area contributed by atoms with Crippen LogP contribution in [0.4, 0.5) is 18.0 Å². The monoisotopic (exact) mass is 377 g/mol. The van der Waals surface area contributed by atoms with E-state index in [1.165, 1.54) is 19.2 Å². The Morgan fingerprint density at radius 3 is 2.41 bits per heavy atom. The first kappa shape index (κ1) is 18.5. The predicted octanol–water partition coefficient (Wildman–Crippen LogP) is 4.63. The summed E-state index contributed by atoms with van der Waals surface area (Å²) in [6.45, 7) is 1.52. The van der Waals surface area contributed by atoms with E-state index in [1.54, 1.807) is 18.2 Å². The number of carbonyl (C=O) groups excluding carboxylic acids is 1. The molecule has 0 amide bonds. The SMILES string of the molecule is CCC(=O)OC(c1cc(F)c(F)cc1F)c1cn(C(=O)O)c2ccccc12. The second-order valence-electron chi connectivity index (χ2n) is 5.77. The summed E-state index contributed by atoms with van der Waals surface area (Å²) in [6, 6.07) is 7.27. The van der Waals surface area contributed by atoms with Crippen molar-refractivity contribution < 1.29 is 32.6 Å². The Bertz CT molecular complexity index is 1040. The zero-order valence-corrected chi connectivity index (χ0v) is 14.1. The molecule has 2 aromatic carbocycles. The van der Waals surface area contributed by atoms with Gasteiger partial charge in [0.1, 0.15) is 5.82 Å². The number of aromatic nitrogens is 1. The zero-order valence-electron chi connectivity index (χ0n) is 14.1. The van der Waals surface area contributed by atoms with E-state index in [4.69, 9.17) is 4.74 Å². The van der Waals surface area contributed by atoms with E-state index < -0.39 is 41.2 Å². The molecule has 1 atom stereocenters. The maximum absolute atomic E-state index is 14.4. The Balaban J connectivity index is 2.27. The van der Waals surface area contributed by atoms with Crippen LogP contribution in [0.2, 0.25) is 0 Å². The van der Waals surface area contributed by atoms with Gasteiger partial charge in [-0.05, 0) is 12.1 Å². The third-order valence-corrected chi connectivity index (χ3v) is 4.09. The summed E-state index contributed by atoms with van der Waals surface area (Å²) in [5.74, 6) is -4.53. The number of nitrogens with zero attached hydrogens (tertiary/aromatic N) is 1. The average Bonchev–Trinajstić information content (AvgIpc) is 3.02. The predicted molar refractivity (Wildman–Crippen MR) is 89.9 cm³/mol. The van der Waals surface area contributed by atoms with Crippen LogP contribution in [0, 0.1) is 17.5 Å². The second-order valence-corrected chi connectivity index (χ2v) is 5.77. The van der Waals surface area contributed by atoms with Crippen molar-refractivity contribution in [2.45, 2.75) is 19.4 Å². The quantitative estimate of drug-likeness (QED) is 0.532. The number of para-hydroxylation sites is 1. The van der Waals surface area contributed by atoms with Crippen LogP contribution >= 0.6 is 0 Å². The van der Waals surface area contributed by atoms with Crippen LogP contribution in [-0.4, -0.2) is 21.7 Å². The van der Waals surface area contributed by atoms with Gasteiger partial charge < -0.3 is 9.84 Å². The van der Waals surface area contributed by atoms with Crippen LogP contribution in [0.15, 0.2) is 42.6 Å². The molecule has 0 saturated carbocycles. The van der Waals surface area contributed by atoms with Crippen molar-refractivity contribution in [3.8, 4) is 0 Å². The summed E-state index contributed by atoms with van der Waals surface area (Å²) in [4.78, 5) is 23.4. The van der Waals surface area contributed by atoms with Gasteiger partial charge in [-0.15, -0.1) is 0 Å². The molecular formula is C19H14F3NO4. The minimum atomic E-state index is -1.45. The van der Waals surface area contributed by atoms with E-state index >= 15 is 0 Å². The number of rotatable bonds is 4. The van der Waals surface area contributed by atoms with Crippen molar-refractivity contribution >= 4 is 23.0 Å². The molecule has 3 aromatic rings. The zero-order chi connectivity index (χ0) is 19.7. The third kappa shape index (κ3) is 3.38. The molecule has 0 saturated heterocycles. The summed E-state index contributed by atoms with van der Waals surface area (Å²) in [7, 11) is 0. The smallest absolute Gasteiger partial charge is 0.416 e. The van der Waals surface area contributed by atoms with E-state index in [0.717, 1.165) is 4.57 Å². The minimum absolute atomic E-state index is 0.0423. The summed E-state index contributed by atoms with van der Waals surface area (Å²) in [6.07, 6.45) is -1.62. The number of carbonyl (C=O) groups is 2. The lowest BCUT2D eigenvalue weighted by atomic mass is 9.99. The van der Waals surface area contributed by atoms with Gasteiger partial charge in [0, 0.05) is 35.2 Å². The molecule has 0 aliphatic heterocycles. The highest BCUT2D eigenvalue weighted by Gasteiger charge is 2.28. The number of benzene rings is 2. The molecule has 8 heteroatoms. The van der Waals surface area contributed by atoms with Gasteiger partial charge in [-0.3, -0.25) is 9.36 Å². The summed E-state index contributed by atoms with van der Waals surface area (Å²) in [5, 5.41) is 9.76. The van der Waals surface area contributed by atoms with Gasteiger partial charge in [0.05, 0.1) is 5.52 Å². The lowest BCUT2D eigenvalue weighted by molar-refractivity contribution is -0.147. The van der Waals surface area contributed by atoms with E-state index in [1.807, 2.05) is 0 Å². The van der Waals surface area contributed by atoms with Crippen LogP contribution < -0.4 is 0 Å². The van der Waals surface area contributed by atoms with Crippen LogP contribution in [0.25, 0.3) is 10.9 Å². The number of ether oxygens (including phenoxy) is 1. The molecule has 1 N–H and O–H groups in total. The normalized spacial score (nSPS) is 12.1. The summed E-state index contributed by atoms with van der Waals surface area (Å²) >= 11 is 0. The van der Waals surface area contributed by atoms with Gasteiger partial charge in [0.25, 0.3) is 0 Å². The molecule has 0 fully saturated rings. The molecule has 5 nitrogen and oxygen atoms in total. The van der Waals surface area contributed by atoms with E-state index in [2.05, 4.69) is 0 Å². The van der Waals surface area contributed by atoms with Gasteiger partial charge in [-0.1, -0.05) is 25.1 Å². The van der Waals surface area contributed by atoms with Crippen LogP contribution in [-0.2, 0) is 9.53 Å². The molecule has 3 rings (SSSR count). The lowest BCUT2D eigenvalue weighted by Gasteiger charge is -2.19. The van der Waals surface area contributed by atoms with Crippen molar-refractivity contribution in [3.05, 3.63) is 71.2 Å². The van der Waals surface area contributed by atoms with Gasteiger partial charge in [-0.2, -0.15) is 0 Å². The number of esters is 1. The molecule has 140 valence electrons. The molecule has 0 spiro atoms. The lowest BCUT2D eigenvalue weighted by Crippen LogP contribution is -2.14. The molecule has 0 radical (unpaired) electrons. The highest BCUT2D eigenvalue weighted by Crippen LogP contribution is 2.35. The highest BCUT2D eigenvalue weighted by molar-refractivity contribution is 5.92. The Hall–Kier alpha value is -3.29. The van der Waals surface area contributed by atoms with Crippen LogP contribution in [0.1, 0.15) is 30.6 Å². The van der Waals surface area contributed by atoms with Gasteiger partial charge in [0.15, 0.2) is 17.7 Å². The molecule has 1 heterocycles. The highest BCUT2D eigenvalue weighted by atomic mass is 19.2. The number of carboxylic acid groups (broad SMARTS) is 1. The van der Waals surface area contributed by atoms with Crippen LogP contribution in [0.3, 0.4) is 0 Å². The fourth-order valence-corrected chi connectivity index (χ4v) is 2.82. The molecule has 0 aliphatic carbocycles. The third-order valence-electron chi connectivity index (χ3n) is 4.09. The maximum Gasteiger partial charge on any atom is 0.416 e. The summed E-state index contributed by atoms with van der Waals surface area (Å²) in [5.41, 5.74) is 0.00393. The Kier molecular flexibility index (Phi) is 4.89. The first-order chi connectivity index (χ1) is 12.8. The van der Waals surface area contributed by atoms with E-state index in [0.29, 0.717) is 17.5 Å². The van der Waals surface area contributed by atoms with Crippen molar-refractivity contribution in [2.75, 3.05) is 0 Å². The van der Waals surface area contributed by atoms with E-state index in [-0.39, 0.29) is 17.5 Å². The van der Waals surface area contributed by atoms with E-state index in [9.17, 15) is 27.9 Å².